The number of aliphatic imine (C=N–C) groups is 1. The molecule has 1 atom stereocenters. The lowest BCUT2D eigenvalue weighted by molar-refractivity contribution is -0.383. The molecule has 2 aliphatic heterocycles. The van der Waals surface area contributed by atoms with E-state index in [1.54, 1.807) is 28.8 Å². The second-order valence-corrected chi connectivity index (χ2v) is 6.21. The van der Waals surface area contributed by atoms with Crippen LogP contribution in [0.3, 0.4) is 0 Å². The lowest BCUT2D eigenvalue weighted by Gasteiger charge is -2.09. The molecule has 0 aliphatic carbocycles. The van der Waals surface area contributed by atoms with Crippen LogP contribution in [0.15, 0.2) is 46.2 Å². The Morgan fingerprint density at radius 2 is 1.96 bits per heavy atom. The summed E-state index contributed by atoms with van der Waals surface area (Å²) in [6, 6.07) is 9.61. The van der Waals surface area contributed by atoms with Crippen molar-refractivity contribution in [1.82, 2.24) is 9.13 Å². The second-order valence-electron chi connectivity index (χ2n) is 6.21. The minimum Gasteiger partial charge on any atom is -0.493 e. The Kier molecular flexibility index (Phi) is 2.55. The molecule has 0 saturated heterocycles. The molecule has 3 aromatic rings. The summed E-state index contributed by atoms with van der Waals surface area (Å²) in [5.74, 6) is -0.162. The van der Waals surface area contributed by atoms with Crippen molar-refractivity contribution < 1.29 is 10.0 Å². The Hall–Kier alpha value is -3.42. The smallest absolute Gasteiger partial charge is 0.336 e. The summed E-state index contributed by atoms with van der Waals surface area (Å²) in [6.45, 7) is 0.548. The van der Waals surface area contributed by atoms with E-state index in [0.717, 1.165) is 5.71 Å². The number of nitrogens with zero attached hydrogens (tertiary/aromatic N) is 4. The molecule has 1 aromatic heterocycles. The summed E-state index contributed by atoms with van der Waals surface area (Å²) in [4.78, 5) is 28.1. The molecule has 0 spiro atoms. The molecular formula is C17H12N4O4. The molecule has 0 amide bonds. The minimum absolute atomic E-state index is 0.0388. The van der Waals surface area contributed by atoms with E-state index >= 15 is 0 Å². The molecule has 0 saturated carbocycles. The summed E-state index contributed by atoms with van der Waals surface area (Å²) in [6.07, 6.45) is 0.667. The average molecular weight is 336 g/mol. The predicted octanol–water partition coefficient (Wildman–Crippen LogP) is 2.15. The summed E-state index contributed by atoms with van der Waals surface area (Å²) < 4.78 is 2.79. The van der Waals surface area contributed by atoms with Crippen molar-refractivity contribution in [3.8, 4) is 11.6 Å². The number of benzene rings is 2. The number of hydrogen-bond donors (Lipinski definition) is 1. The topological polar surface area (TPSA) is 103 Å². The van der Waals surface area contributed by atoms with Crippen LogP contribution < -0.4 is 5.69 Å². The fourth-order valence-electron chi connectivity index (χ4n) is 3.87. The van der Waals surface area contributed by atoms with Crippen molar-refractivity contribution in [3.05, 3.63) is 62.7 Å². The third kappa shape index (κ3) is 1.65. The van der Waals surface area contributed by atoms with E-state index in [9.17, 15) is 20.0 Å². The Morgan fingerprint density at radius 3 is 2.68 bits per heavy atom. The van der Waals surface area contributed by atoms with Gasteiger partial charge in [-0.15, -0.1) is 0 Å². The van der Waals surface area contributed by atoms with Crippen molar-refractivity contribution in [2.75, 3.05) is 6.54 Å². The minimum atomic E-state index is -0.455. The standard InChI is InChI=1S/C17H12N4O4/c22-16-15-12-7-9(8-18-12)19(15)17(23)20(16)13-5-6-14(21(24)25)11-4-2-1-3-10(11)13/h1-6,9,22H,7-8H2. The maximum Gasteiger partial charge on any atom is 0.336 e. The van der Waals surface area contributed by atoms with E-state index in [1.807, 2.05) is 0 Å². The van der Waals surface area contributed by atoms with Crippen molar-refractivity contribution in [1.29, 1.82) is 0 Å². The van der Waals surface area contributed by atoms with E-state index in [1.165, 1.54) is 16.7 Å². The van der Waals surface area contributed by atoms with Gasteiger partial charge in [-0.3, -0.25) is 19.7 Å². The highest BCUT2D eigenvalue weighted by atomic mass is 16.6. The Bertz CT molecular complexity index is 1170. The number of nitro groups is 1. The van der Waals surface area contributed by atoms with Gasteiger partial charge in [-0.25, -0.2) is 9.36 Å². The largest absolute Gasteiger partial charge is 0.493 e. The van der Waals surface area contributed by atoms with Gasteiger partial charge in [0.15, 0.2) is 0 Å². The van der Waals surface area contributed by atoms with E-state index < -0.39 is 4.92 Å². The molecule has 8 nitrogen and oxygen atoms in total. The Balaban J connectivity index is 1.86. The predicted molar refractivity (Wildman–Crippen MR) is 90.9 cm³/mol. The first-order valence-corrected chi connectivity index (χ1v) is 7.84. The molecule has 8 heteroatoms. The molecule has 2 bridgehead atoms. The Morgan fingerprint density at radius 1 is 1.20 bits per heavy atom. The van der Waals surface area contributed by atoms with Crippen LogP contribution in [0.5, 0.6) is 5.88 Å². The number of non-ortho nitro benzene ring substituents is 1. The fraction of sp³-hybridized carbons (Fsp3) is 0.176. The molecule has 3 heterocycles. The maximum atomic E-state index is 12.9. The van der Waals surface area contributed by atoms with E-state index in [2.05, 4.69) is 4.99 Å². The summed E-state index contributed by atoms with van der Waals surface area (Å²) in [5.41, 5.74) is 1.24. The molecule has 1 N–H and O–H groups in total. The van der Waals surface area contributed by atoms with Gasteiger partial charge in [-0.2, -0.15) is 0 Å². The maximum absolute atomic E-state index is 12.9. The zero-order valence-electron chi connectivity index (χ0n) is 12.9. The first kappa shape index (κ1) is 14.0. The van der Waals surface area contributed by atoms with Gasteiger partial charge in [0.05, 0.1) is 34.3 Å². The number of nitro benzene ring substituents is 1. The highest BCUT2D eigenvalue weighted by molar-refractivity contribution is 6.05. The lowest BCUT2D eigenvalue weighted by Crippen LogP contribution is -2.26. The molecule has 25 heavy (non-hydrogen) atoms. The van der Waals surface area contributed by atoms with Crippen molar-refractivity contribution in [3.63, 3.8) is 0 Å². The quantitative estimate of drug-likeness (QED) is 0.572. The molecule has 5 rings (SSSR count). The SMILES string of the molecule is O=c1n(-c2ccc([N+](=O)[O-])c3ccccc23)c(O)c2n1C1CN=C2C1. The van der Waals surface area contributed by atoms with Gasteiger partial charge in [-0.1, -0.05) is 18.2 Å². The van der Waals surface area contributed by atoms with Gasteiger partial charge < -0.3 is 5.11 Å². The highest BCUT2D eigenvalue weighted by Gasteiger charge is 2.39. The third-order valence-corrected chi connectivity index (χ3v) is 4.94. The van der Waals surface area contributed by atoms with Gasteiger partial charge in [-0.05, 0) is 12.1 Å². The highest BCUT2D eigenvalue weighted by Crippen LogP contribution is 2.38. The van der Waals surface area contributed by atoms with Gasteiger partial charge >= 0.3 is 5.69 Å². The van der Waals surface area contributed by atoms with Crippen LogP contribution in [-0.2, 0) is 0 Å². The van der Waals surface area contributed by atoms with Crippen LogP contribution in [-0.4, -0.2) is 31.4 Å². The molecule has 0 radical (unpaired) electrons. The molecule has 1 unspecified atom stereocenters. The van der Waals surface area contributed by atoms with Gasteiger partial charge in [0, 0.05) is 17.9 Å². The van der Waals surface area contributed by atoms with Gasteiger partial charge in [0.25, 0.3) is 5.69 Å². The number of imidazole rings is 1. The van der Waals surface area contributed by atoms with Crippen LogP contribution in [0.4, 0.5) is 5.69 Å². The van der Waals surface area contributed by atoms with E-state index in [-0.39, 0.29) is 23.3 Å². The van der Waals surface area contributed by atoms with Crippen LogP contribution in [0.2, 0.25) is 0 Å². The van der Waals surface area contributed by atoms with E-state index in [4.69, 9.17) is 0 Å². The monoisotopic (exact) mass is 336 g/mol. The number of aromatic hydroxyl groups is 1. The molecular weight excluding hydrogens is 324 g/mol. The third-order valence-electron chi connectivity index (χ3n) is 4.94. The number of aromatic nitrogens is 2. The van der Waals surface area contributed by atoms with Gasteiger partial charge in [0.2, 0.25) is 5.88 Å². The van der Waals surface area contributed by atoms with Crippen LogP contribution in [0.25, 0.3) is 16.5 Å². The molecule has 124 valence electrons. The van der Waals surface area contributed by atoms with Crippen LogP contribution in [0, 0.1) is 10.1 Å². The average Bonchev–Trinajstić information content (AvgIpc) is 3.28. The van der Waals surface area contributed by atoms with Gasteiger partial charge in [0.1, 0.15) is 5.69 Å². The zero-order chi connectivity index (χ0) is 17.3. The summed E-state index contributed by atoms with van der Waals surface area (Å²) in [7, 11) is 0. The fourth-order valence-corrected chi connectivity index (χ4v) is 3.87. The first-order chi connectivity index (χ1) is 12.1. The lowest BCUT2D eigenvalue weighted by atomic mass is 10.1. The van der Waals surface area contributed by atoms with Crippen molar-refractivity contribution >= 4 is 22.2 Å². The van der Waals surface area contributed by atoms with Crippen LogP contribution >= 0.6 is 0 Å². The second kappa shape index (κ2) is 4.56. The molecule has 0 fully saturated rings. The van der Waals surface area contributed by atoms with Crippen molar-refractivity contribution in [2.45, 2.75) is 12.5 Å². The van der Waals surface area contributed by atoms with E-state index in [0.29, 0.717) is 35.1 Å². The van der Waals surface area contributed by atoms with Crippen molar-refractivity contribution in [2.24, 2.45) is 4.99 Å². The summed E-state index contributed by atoms with van der Waals surface area (Å²) >= 11 is 0. The zero-order valence-corrected chi connectivity index (χ0v) is 12.9. The normalized spacial score (nSPS) is 17.8. The van der Waals surface area contributed by atoms with Crippen LogP contribution in [0.1, 0.15) is 18.2 Å². The summed E-state index contributed by atoms with van der Waals surface area (Å²) in [5, 5.41) is 22.9. The Labute approximate surface area is 140 Å². The number of rotatable bonds is 2. The molecule has 2 aliphatic rings. The molecule has 2 aromatic carbocycles. The number of fused-ring (bicyclic) bond motifs is 6. The number of hydrogen-bond acceptors (Lipinski definition) is 5. The first-order valence-electron chi connectivity index (χ1n) is 7.84.